The van der Waals surface area contributed by atoms with Crippen molar-refractivity contribution in [2.45, 2.75) is 76.4 Å². The third-order valence-electron chi connectivity index (χ3n) is 7.51. The zero-order valence-corrected chi connectivity index (χ0v) is 22.4. The molecule has 3 rings (SSSR count). The topological polar surface area (TPSA) is 128 Å². The summed E-state index contributed by atoms with van der Waals surface area (Å²) >= 11 is 5.95. The minimum atomic E-state index is -0.764. The number of hydrogen-bond donors (Lipinski definition) is 4. The second kappa shape index (κ2) is 13.8. The molecule has 1 aliphatic heterocycles. The molecule has 1 aliphatic carbocycles. The molecule has 2 fully saturated rings. The summed E-state index contributed by atoms with van der Waals surface area (Å²) in [6.45, 7) is 2.23. The van der Waals surface area contributed by atoms with Crippen molar-refractivity contribution in [1.82, 2.24) is 20.9 Å². The van der Waals surface area contributed by atoms with Crippen LogP contribution in [0.4, 0.5) is 0 Å². The predicted octanol–water partition coefficient (Wildman–Crippen LogP) is 2.26. The Kier molecular flexibility index (Phi) is 10.8. The lowest BCUT2D eigenvalue weighted by Gasteiger charge is -2.34. The maximum absolute atomic E-state index is 13.8. The van der Waals surface area contributed by atoms with Gasteiger partial charge in [-0.15, -0.1) is 0 Å². The molecule has 4 N–H and O–H groups in total. The van der Waals surface area contributed by atoms with Crippen molar-refractivity contribution in [3.63, 3.8) is 0 Å². The summed E-state index contributed by atoms with van der Waals surface area (Å²) in [6.07, 6.45) is 5.72. The summed E-state index contributed by atoms with van der Waals surface area (Å²) in [5.74, 6) is -1.37. The third kappa shape index (κ3) is 7.68. The van der Waals surface area contributed by atoms with E-state index in [9.17, 15) is 24.3 Å². The molecule has 4 atom stereocenters. The van der Waals surface area contributed by atoms with E-state index in [-0.39, 0.29) is 42.1 Å². The van der Waals surface area contributed by atoms with Crippen molar-refractivity contribution in [1.29, 1.82) is 0 Å². The third-order valence-corrected chi connectivity index (χ3v) is 7.76. The number of nitrogens with zero attached hydrogens (tertiary/aromatic N) is 1. The number of carbonyl (C=O) groups is 4. The minimum Gasteiger partial charge on any atom is -0.394 e. The molecule has 204 valence electrons. The zero-order chi connectivity index (χ0) is 26.9. The van der Waals surface area contributed by atoms with E-state index >= 15 is 0 Å². The Balaban J connectivity index is 1.72. The molecule has 1 heterocycles. The SMILES string of the molecule is CCC[C@@H](C(=O)N[C@H](CO)C[C@@H]1CCNC1=O)N(C)C(=O)[C@H](NC(=O)c1ccc(Cl)cc1)C1CCCC1. The quantitative estimate of drug-likeness (QED) is 0.327. The van der Waals surface area contributed by atoms with Crippen molar-refractivity contribution in [2.24, 2.45) is 11.8 Å². The number of nitrogens with one attached hydrogen (secondary N) is 3. The fourth-order valence-electron chi connectivity index (χ4n) is 5.33. The number of halogens is 1. The Morgan fingerprint density at radius 2 is 1.81 bits per heavy atom. The van der Waals surface area contributed by atoms with Crippen LogP contribution in [0.25, 0.3) is 0 Å². The van der Waals surface area contributed by atoms with Crippen molar-refractivity contribution in [3.05, 3.63) is 34.9 Å². The molecule has 9 nitrogen and oxygen atoms in total. The molecule has 0 radical (unpaired) electrons. The van der Waals surface area contributed by atoms with Gasteiger partial charge in [-0.05, 0) is 62.3 Å². The Labute approximate surface area is 223 Å². The Morgan fingerprint density at radius 1 is 1.14 bits per heavy atom. The van der Waals surface area contributed by atoms with E-state index in [4.69, 9.17) is 11.6 Å². The van der Waals surface area contributed by atoms with Gasteiger partial charge < -0.3 is 26.0 Å². The molecule has 0 aromatic heterocycles. The molecule has 1 aromatic carbocycles. The monoisotopic (exact) mass is 534 g/mol. The summed E-state index contributed by atoms with van der Waals surface area (Å²) < 4.78 is 0. The van der Waals surface area contributed by atoms with Crippen LogP contribution in [0.15, 0.2) is 24.3 Å². The first kappa shape index (κ1) is 28.9. The lowest BCUT2D eigenvalue weighted by molar-refractivity contribution is -0.142. The average Bonchev–Trinajstić information content (AvgIpc) is 3.57. The first-order chi connectivity index (χ1) is 17.7. The van der Waals surface area contributed by atoms with E-state index in [0.29, 0.717) is 42.8 Å². The number of hydrogen-bond acceptors (Lipinski definition) is 5. The number of benzene rings is 1. The second-order valence-electron chi connectivity index (χ2n) is 10.2. The van der Waals surface area contributed by atoms with Crippen LogP contribution in [-0.2, 0) is 14.4 Å². The van der Waals surface area contributed by atoms with Crippen molar-refractivity contribution in [3.8, 4) is 0 Å². The van der Waals surface area contributed by atoms with Crippen LogP contribution >= 0.6 is 11.6 Å². The van der Waals surface area contributed by atoms with Crippen LogP contribution in [0, 0.1) is 11.8 Å². The molecular formula is C27H39ClN4O5. The number of likely N-dealkylation sites (N-methyl/N-ethyl adjacent to an activating group) is 1. The van der Waals surface area contributed by atoms with Crippen molar-refractivity contribution in [2.75, 3.05) is 20.2 Å². The van der Waals surface area contributed by atoms with Gasteiger partial charge >= 0.3 is 0 Å². The van der Waals surface area contributed by atoms with E-state index in [2.05, 4.69) is 16.0 Å². The Morgan fingerprint density at radius 3 is 2.38 bits per heavy atom. The molecule has 0 bridgehead atoms. The molecule has 1 aromatic rings. The van der Waals surface area contributed by atoms with Crippen molar-refractivity contribution < 1.29 is 24.3 Å². The standard InChI is InChI=1S/C27H39ClN4O5/c1-3-6-22(26(36)30-21(16-33)15-19-13-14-29-24(19)34)32(2)27(37)23(17-7-4-5-8-17)31-25(35)18-9-11-20(28)12-10-18/h9-12,17,19,21-23,33H,3-8,13-16H2,1-2H3,(H,29,34)(H,30,36)(H,31,35)/t19-,21-,22-,23+/m0/s1. The molecule has 1 saturated heterocycles. The van der Waals surface area contributed by atoms with Crippen LogP contribution < -0.4 is 16.0 Å². The van der Waals surface area contributed by atoms with Gasteiger partial charge in [-0.1, -0.05) is 37.8 Å². The minimum absolute atomic E-state index is 0.0115. The molecular weight excluding hydrogens is 496 g/mol. The first-order valence-electron chi connectivity index (χ1n) is 13.3. The van der Waals surface area contributed by atoms with Crippen LogP contribution in [0.3, 0.4) is 0 Å². The van der Waals surface area contributed by atoms with E-state index in [0.717, 1.165) is 25.7 Å². The lowest BCUT2D eigenvalue weighted by Crippen LogP contribution is -2.57. The van der Waals surface area contributed by atoms with Gasteiger partial charge in [0.1, 0.15) is 12.1 Å². The van der Waals surface area contributed by atoms with Crippen molar-refractivity contribution >= 4 is 35.2 Å². The van der Waals surface area contributed by atoms with E-state index < -0.39 is 18.1 Å². The van der Waals surface area contributed by atoms with Crippen LogP contribution in [0.2, 0.25) is 5.02 Å². The summed E-state index contributed by atoms with van der Waals surface area (Å²) in [6, 6.07) is 4.39. The van der Waals surface area contributed by atoms with Gasteiger partial charge in [0, 0.05) is 30.1 Å². The number of aliphatic hydroxyl groups excluding tert-OH is 1. The fraction of sp³-hybridized carbons (Fsp3) is 0.630. The predicted molar refractivity (Wildman–Crippen MR) is 141 cm³/mol. The maximum atomic E-state index is 13.8. The lowest BCUT2D eigenvalue weighted by atomic mass is 9.95. The Hall–Kier alpha value is -2.65. The number of rotatable bonds is 12. The highest BCUT2D eigenvalue weighted by molar-refractivity contribution is 6.30. The molecule has 0 unspecified atom stereocenters. The summed E-state index contributed by atoms with van der Waals surface area (Å²) in [4.78, 5) is 53.4. The van der Waals surface area contributed by atoms with Crippen LogP contribution in [0.1, 0.15) is 68.6 Å². The normalized spacial score (nSPS) is 20.1. The highest BCUT2D eigenvalue weighted by Crippen LogP contribution is 2.29. The first-order valence-corrected chi connectivity index (χ1v) is 13.6. The van der Waals surface area contributed by atoms with Crippen LogP contribution in [0.5, 0.6) is 0 Å². The average molecular weight is 535 g/mol. The highest BCUT2D eigenvalue weighted by atomic mass is 35.5. The van der Waals surface area contributed by atoms with Crippen LogP contribution in [-0.4, -0.2) is 72.0 Å². The molecule has 1 saturated carbocycles. The van der Waals surface area contributed by atoms with Gasteiger partial charge in [0.05, 0.1) is 12.6 Å². The summed E-state index contributed by atoms with van der Waals surface area (Å²) in [7, 11) is 1.59. The zero-order valence-electron chi connectivity index (χ0n) is 21.7. The van der Waals surface area contributed by atoms with Gasteiger partial charge in [-0.25, -0.2) is 0 Å². The number of aliphatic hydroxyl groups is 1. The van der Waals surface area contributed by atoms with E-state index in [1.165, 1.54) is 4.90 Å². The Bertz CT molecular complexity index is 951. The van der Waals surface area contributed by atoms with Gasteiger partial charge in [0.2, 0.25) is 17.7 Å². The van der Waals surface area contributed by atoms with Gasteiger partial charge in [0.25, 0.3) is 5.91 Å². The molecule has 37 heavy (non-hydrogen) atoms. The van der Waals surface area contributed by atoms with E-state index in [1.807, 2.05) is 6.92 Å². The summed E-state index contributed by atoms with van der Waals surface area (Å²) in [5.41, 5.74) is 0.410. The number of amides is 4. The summed E-state index contributed by atoms with van der Waals surface area (Å²) in [5, 5.41) is 18.9. The van der Waals surface area contributed by atoms with Gasteiger partial charge in [-0.2, -0.15) is 0 Å². The smallest absolute Gasteiger partial charge is 0.251 e. The maximum Gasteiger partial charge on any atom is 0.251 e. The molecule has 2 aliphatic rings. The van der Waals surface area contributed by atoms with Gasteiger partial charge in [-0.3, -0.25) is 19.2 Å². The molecule has 4 amide bonds. The highest BCUT2D eigenvalue weighted by Gasteiger charge is 2.38. The number of carbonyl (C=O) groups excluding carboxylic acids is 4. The largest absolute Gasteiger partial charge is 0.394 e. The van der Waals surface area contributed by atoms with Gasteiger partial charge in [0.15, 0.2) is 0 Å². The second-order valence-corrected chi connectivity index (χ2v) is 10.6. The molecule has 10 heteroatoms. The molecule has 0 spiro atoms. The fourth-order valence-corrected chi connectivity index (χ4v) is 5.46. The van der Waals surface area contributed by atoms with E-state index in [1.54, 1.807) is 31.3 Å².